The molecule has 6 heteroatoms. The van der Waals surface area contributed by atoms with Crippen molar-refractivity contribution in [3.05, 3.63) is 66.1 Å². The van der Waals surface area contributed by atoms with Crippen LogP contribution in [0.25, 0.3) is 11.3 Å². The summed E-state index contributed by atoms with van der Waals surface area (Å²) in [6.07, 6.45) is 8.44. The number of aromatic nitrogens is 3. The first-order valence-electron chi connectivity index (χ1n) is 10.2. The van der Waals surface area contributed by atoms with Crippen LogP contribution >= 0.6 is 11.8 Å². The lowest BCUT2D eigenvalue weighted by Crippen LogP contribution is -2.23. The summed E-state index contributed by atoms with van der Waals surface area (Å²) in [4.78, 5) is 17.9. The van der Waals surface area contributed by atoms with Crippen LogP contribution in [0.1, 0.15) is 54.7 Å². The molecule has 2 aromatic heterocycles. The van der Waals surface area contributed by atoms with E-state index in [0.717, 1.165) is 46.0 Å². The Kier molecular flexibility index (Phi) is 6.30. The number of carbonyl (C=O) groups excluding carboxylic acids is 1. The van der Waals surface area contributed by atoms with Crippen LogP contribution in [0.5, 0.6) is 0 Å². The van der Waals surface area contributed by atoms with E-state index in [1.807, 2.05) is 48.8 Å². The third kappa shape index (κ3) is 4.53. The molecule has 0 radical (unpaired) electrons. The van der Waals surface area contributed by atoms with Gasteiger partial charge in [0.15, 0.2) is 0 Å². The largest absolute Gasteiger partial charge is 0.346 e. The fourth-order valence-electron chi connectivity index (χ4n) is 3.90. The molecule has 0 saturated heterocycles. The van der Waals surface area contributed by atoms with Crippen LogP contribution in [0.3, 0.4) is 0 Å². The molecule has 0 atom stereocenters. The van der Waals surface area contributed by atoms with Gasteiger partial charge in [0.05, 0.1) is 29.5 Å². The number of carbonyl (C=O) groups is 1. The van der Waals surface area contributed by atoms with Crippen molar-refractivity contribution in [2.75, 3.05) is 5.75 Å². The average Bonchev–Trinajstić information content (AvgIpc) is 3.43. The molecule has 2 heterocycles. The van der Waals surface area contributed by atoms with Crippen molar-refractivity contribution in [2.45, 2.75) is 50.1 Å². The standard InChI is InChI=1S/C23H26N4OS/c1-2-29-22-10-6-5-9-20(22)23(28)25-16-18-15-21(17-11-13-24-14-12-17)27(26-18)19-7-3-4-8-19/h5-6,9-15,19H,2-4,7-8,16H2,1H3,(H,25,28). The number of pyridine rings is 1. The number of hydrogen-bond acceptors (Lipinski definition) is 4. The van der Waals surface area contributed by atoms with Gasteiger partial charge in [0.25, 0.3) is 5.91 Å². The lowest BCUT2D eigenvalue weighted by molar-refractivity contribution is 0.0947. The van der Waals surface area contributed by atoms with Gasteiger partial charge in [0.2, 0.25) is 0 Å². The van der Waals surface area contributed by atoms with E-state index < -0.39 is 0 Å². The minimum atomic E-state index is -0.0533. The van der Waals surface area contributed by atoms with Crippen LogP contribution in [-0.4, -0.2) is 26.4 Å². The van der Waals surface area contributed by atoms with Gasteiger partial charge < -0.3 is 5.32 Å². The van der Waals surface area contributed by atoms with E-state index in [9.17, 15) is 4.79 Å². The number of nitrogens with zero attached hydrogens (tertiary/aromatic N) is 3. The maximum Gasteiger partial charge on any atom is 0.252 e. The molecule has 5 nitrogen and oxygen atoms in total. The molecule has 1 saturated carbocycles. The second-order valence-corrected chi connectivity index (χ2v) is 8.56. The Bertz CT molecular complexity index is 964. The van der Waals surface area contributed by atoms with Crippen LogP contribution in [0.4, 0.5) is 0 Å². The van der Waals surface area contributed by atoms with E-state index in [0.29, 0.717) is 12.6 Å². The van der Waals surface area contributed by atoms with E-state index in [-0.39, 0.29) is 5.91 Å². The van der Waals surface area contributed by atoms with Gasteiger partial charge in [0.1, 0.15) is 0 Å². The van der Waals surface area contributed by atoms with Crippen LogP contribution < -0.4 is 5.32 Å². The third-order valence-electron chi connectivity index (χ3n) is 5.29. The van der Waals surface area contributed by atoms with Gasteiger partial charge in [0, 0.05) is 22.9 Å². The van der Waals surface area contributed by atoms with Gasteiger partial charge in [-0.3, -0.25) is 14.5 Å². The summed E-state index contributed by atoms with van der Waals surface area (Å²) >= 11 is 1.69. The molecule has 1 amide bonds. The zero-order chi connectivity index (χ0) is 20.1. The predicted molar refractivity (Wildman–Crippen MR) is 117 cm³/mol. The van der Waals surface area contributed by atoms with Gasteiger partial charge in [-0.15, -0.1) is 11.8 Å². The zero-order valence-electron chi connectivity index (χ0n) is 16.7. The molecule has 0 aliphatic heterocycles. The summed E-state index contributed by atoms with van der Waals surface area (Å²) in [7, 11) is 0. The van der Waals surface area contributed by atoms with Crippen molar-refractivity contribution in [2.24, 2.45) is 0 Å². The van der Waals surface area contributed by atoms with Gasteiger partial charge >= 0.3 is 0 Å². The number of thioether (sulfide) groups is 1. The molecular formula is C23H26N4OS. The highest BCUT2D eigenvalue weighted by Crippen LogP contribution is 2.33. The normalized spacial score (nSPS) is 14.2. The Morgan fingerprint density at radius 2 is 1.93 bits per heavy atom. The number of benzene rings is 1. The molecule has 1 aromatic carbocycles. The van der Waals surface area contributed by atoms with Crippen LogP contribution in [0, 0.1) is 0 Å². The predicted octanol–water partition coefficient (Wildman–Crippen LogP) is 5.10. The summed E-state index contributed by atoms with van der Waals surface area (Å²) in [5, 5.41) is 7.93. The summed E-state index contributed by atoms with van der Waals surface area (Å²) in [6, 6.07) is 14.3. The Morgan fingerprint density at radius 3 is 2.69 bits per heavy atom. The second-order valence-electron chi connectivity index (χ2n) is 7.25. The monoisotopic (exact) mass is 406 g/mol. The van der Waals surface area contributed by atoms with E-state index in [2.05, 4.69) is 28.0 Å². The minimum Gasteiger partial charge on any atom is -0.346 e. The lowest BCUT2D eigenvalue weighted by Gasteiger charge is -2.14. The highest BCUT2D eigenvalue weighted by molar-refractivity contribution is 7.99. The molecule has 29 heavy (non-hydrogen) atoms. The zero-order valence-corrected chi connectivity index (χ0v) is 17.5. The molecular weight excluding hydrogens is 380 g/mol. The van der Waals surface area contributed by atoms with Gasteiger partial charge in [-0.25, -0.2) is 0 Å². The molecule has 1 aliphatic rings. The van der Waals surface area contributed by atoms with Crippen LogP contribution in [0.15, 0.2) is 59.8 Å². The minimum absolute atomic E-state index is 0.0533. The van der Waals surface area contributed by atoms with Crippen molar-refractivity contribution in [3.63, 3.8) is 0 Å². The fourth-order valence-corrected chi connectivity index (χ4v) is 4.70. The fraction of sp³-hybridized carbons (Fsp3) is 0.348. The number of nitrogens with one attached hydrogen (secondary N) is 1. The average molecular weight is 407 g/mol. The Hall–Kier alpha value is -2.60. The molecule has 3 aromatic rings. The maximum absolute atomic E-state index is 12.8. The molecule has 1 N–H and O–H groups in total. The van der Waals surface area contributed by atoms with Gasteiger partial charge in [-0.05, 0) is 48.9 Å². The van der Waals surface area contributed by atoms with Crippen molar-refractivity contribution in [3.8, 4) is 11.3 Å². The summed E-state index contributed by atoms with van der Waals surface area (Å²) in [6.45, 7) is 2.51. The third-order valence-corrected chi connectivity index (χ3v) is 6.25. The van der Waals surface area contributed by atoms with Gasteiger partial charge in [-0.1, -0.05) is 31.9 Å². The summed E-state index contributed by atoms with van der Waals surface area (Å²) in [5.41, 5.74) is 3.83. The topological polar surface area (TPSA) is 59.8 Å². The number of rotatable bonds is 7. The molecule has 1 fully saturated rings. The highest BCUT2D eigenvalue weighted by atomic mass is 32.2. The van der Waals surface area contributed by atoms with Crippen molar-refractivity contribution in [1.29, 1.82) is 0 Å². The summed E-state index contributed by atoms with van der Waals surface area (Å²) < 4.78 is 2.16. The van der Waals surface area contributed by atoms with E-state index >= 15 is 0 Å². The van der Waals surface area contributed by atoms with Crippen molar-refractivity contribution < 1.29 is 4.79 Å². The first-order valence-corrected chi connectivity index (χ1v) is 11.2. The van der Waals surface area contributed by atoms with Gasteiger partial charge in [-0.2, -0.15) is 5.10 Å². The van der Waals surface area contributed by atoms with E-state index in [4.69, 9.17) is 5.10 Å². The lowest BCUT2D eigenvalue weighted by atomic mass is 10.1. The van der Waals surface area contributed by atoms with Crippen molar-refractivity contribution >= 4 is 17.7 Å². The molecule has 150 valence electrons. The van der Waals surface area contributed by atoms with E-state index in [1.54, 1.807) is 11.8 Å². The molecule has 0 spiro atoms. The van der Waals surface area contributed by atoms with Crippen molar-refractivity contribution in [1.82, 2.24) is 20.1 Å². The van der Waals surface area contributed by atoms with E-state index in [1.165, 1.54) is 12.8 Å². The second kappa shape index (κ2) is 9.27. The summed E-state index contributed by atoms with van der Waals surface area (Å²) in [5.74, 6) is 0.883. The Morgan fingerprint density at radius 1 is 1.17 bits per heavy atom. The van der Waals surface area contributed by atoms with Crippen LogP contribution in [0.2, 0.25) is 0 Å². The first kappa shape index (κ1) is 19.7. The first-order chi connectivity index (χ1) is 14.3. The SMILES string of the molecule is CCSc1ccccc1C(=O)NCc1cc(-c2ccncc2)n(C2CCCC2)n1. The molecule has 1 aliphatic carbocycles. The Balaban J connectivity index is 1.54. The highest BCUT2D eigenvalue weighted by Gasteiger charge is 2.22. The molecule has 0 unspecified atom stereocenters. The molecule has 0 bridgehead atoms. The number of amides is 1. The number of hydrogen-bond donors (Lipinski definition) is 1. The quantitative estimate of drug-likeness (QED) is 0.555. The Labute approximate surface area is 175 Å². The molecule has 4 rings (SSSR count). The maximum atomic E-state index is 12.8. The van der Waals surface area contributed by atoms with Crippen LogP contribution in [-0.2, 0) is 6.54 Å². The smallest absolute Gasteiger partial charge is 0.252 e.